The molecule has 0 radical (unpaired) electrons. The monoisotopic (exact) mass is 472 g/mol. The smallest absolute Gasteiger partial charge is 0.290 e. The molecule has 0 saturated carbocycles. The normalized spacial score (nSPS) is 11.1. The van der Waals surface area contributed by atoms with Crippen molar-refractivity contribution in [3.63, 3.8) is 0 Å². The molecule has 0 atom stereocenters. The SMILES string of the molecule is Cc1noc2nc(-c3ccccc3F)cc(C(=O)NNC(=O)c3nn(C)c(=O)c4ccccc34)c12. The van der Waals surface area contributed by atoms with E-state index in [0.29, 0.717) is 21.9 Å². The Morgan fingerprint density at radius 1 is 1.00 bits per heavy atom. The third-order valence-corrected chi connectivity index (χ3v) is 5.47. The molecule has 2 aromatic carbocycles. The molecule has 2 N–H and O–H groups in total. The summed E-state index contributed by atoms with van der Waals surface area (Å²) in [6, 6.07) is 13.9. The number of carbonyl (C=O) groups excluding carboxylic acids is 2. The minimum atomic E-state index is -0.730. The van der Waals surface area contributed by atoms with Crippen molar-refractivity contribution in [3.05, 3.63) is 87.7 Å². The van der Waals surface area contributed by atoms with Crippen molar-refractivity contribution in [2.24, 2.45) is 7.05 Å². The predicted molar refractivity (Wildman–Crippen MR) is 124 cm³/mol. The first-order chi connectivity index (χ1) is 16.8. The van der Waals surface area contributed by atoms with E-state index in [1.165, 1.54) is 31.3 Å². The van der Waals surface area contributed by atoms with Crippen molar-refractivity contribution < 1.29 is 18.5 Å². The number of carbonyl (C=O) groups is 2. The Kier molecular flexibility index (Phi) is 5.28. The van der Waals surface area contributed by atoms with E-state index in [2.05, 4.69) is 26.1 Å². The molecule has 0 bridgehead atoms. The Balaban J connectivity index is 1.49. The van der Waals surface area contributed by atoms with E-state index in [1.54, 1.807) is 37.3 Å². The average Bonchev–Trinajstić information content (AvgIpc) is 3.24. The molecule has 0 aliphatic heterocycles. The maximum atomic E-state index is 14.4. The number of halogens is 1. The van der Waals surface area contributed by atoms with Gasteiger partial charge < -0.3 is 4.52 Å². The number of aryl methyl sites for hydroxylation is 2. The molecule has 0 aliphatic carbocycles. The Hall–Kier alpha value is -4.93. The summed E-state index contributed by atoms with van der Waals surface area (Å²) in [7, 11) is 1.43. The van der Waals surface area contributed by atoms with Crippen LogP contribution in [0.4, 0.5) is 4.39 Å². The number of pyridine rings is 1. The van der Waals surface area contributed by atoms with Gasteiger partial charge in [0.25, 0.3) is 23.1 Å². The minimum absolute atomic E-state index is 0.0453. The van der Waals surface area contributed by atoms with Crippen LogP contribution < -0.4 is 16.4 Å². The number of hydrogen-bond acceptors (Lipinski definition) is 7. The second kappa shape index (κ2) is 8.45. The van der Waals surface area contributed by atoms with Gasteiger partial charge in [0, 0.05) is 18.0 Å². The largest absolute Gasteiger partial charge is 0.335 e. The maximum absolute atomic E-state index is 14.4. The molecule has 3 heterocycles. The van der Waals surface area contributed by atoms with Gasteiger partial charge in [-0.25, -0.2) is 14.1 Å². The maximum Gasteiger partial charge on any atom is 0.290 e. The van der Waals surface area contributed by atoms with Crippen LogP contribution in [0, 0.1) is 12.7 Å². The molecular formula is C24H17FN6O4. The van der Waals surface area contributed by atoms with E-state index in [0.717, 1.165) is 4.68 Å². The standard InChI is InChI=1S/C24H17FN6O4/c1-12-19-16(11-18(26-23(19)35-30-12)15-9-5-6-10-17(15)25)21(32)27-28-22(33)20-13-7-3-4-8-14(13)24(34)31(2)29-20/h3-11H,1-2H3,(H,27,32)(H,28,33). The Morgan fingerprint density at radius 3 is 2.46 bits per heavy atom. The number of hydrazine groups is 1. The fourth-order valence-electron chi connectivity index (χ4n) is 3.79. The zero-order valence-electron chi connectivity index (χ0n) is 18.5. The fraction of sp³-hybridized carbons (Fsp3) is 0.0833. The number of hydrogen-bond donors (Lipinski definition) is 2. The second-order valence-electron chi connectivity index (χ2n) is 7.71. The molecule has 3 aromatic heterocycles. The van der Waals surface area contributed by atoms with Crippen molar-refractivity contribution >= 4 is 33.7 Å². The lowest BCUT2D eigenvalue weighted by Crippen LogP contribution is -2.42. The molecule has 11 heteroatoms. The molecule has 35 heavy (non-hydrogen) atoms. The summed E-state index contributed by atoms with van der Waals surface area (Å²) >= 11 is 0. The highest BCUT2D eigenvalue weighted by atomic mass is 19.1. The van der Waals surface area contributed by atoms with Crippen LogP contribution in [-0.2, 0) is 7.05 Å². The highest BCUT2D eigenvalue weighted by Crippen LogP contribution is 2.28. The van der Waals surface area contributed by atoms with Crippen LogP contribution in [0.3, 0.4) is 0 Å². The van der Waals surface area contributed by atoms with E-state index < -0.39 is 17.6 Å². The van der Waals surface area contributed by atoms with E-state index >= 15 is 0 Å². The number of fused-ring (bicyclic) bond motifs is 2. The summed E-state index contributed by atoms with van der Waals surface area (Å²) in [5.41, 5.74) is 5.11. The van der Waals surface area contributed by atoms with Gasteiger partial charge in [0.05, 0.1) is 27.7 Å². The Labute approximate surface area is 196 Å². The first-order valence-electron chi connectivity index (χ1n) is 10.4. The first-order valence-corrected chi connectivity index (χ1v) is 10.4. The summed E-state index contributed by atoms with van der Waals surface area (Å²) in [6.07, 6.45) is 0. The molecule has 174 valence electrons. The van der Waals surface area contributed by atoms with Crippen LogP contribution in [-0.4, -0.2) is 31.7 Å². The van der Waals surface area contributed by atoms with Crippen LogP contribution in [0.1, 0.15) is 26.5 Å². The lowest BCUT2D eigenvalue weighted by atomic mass is 10.0. The molecule has 2 amide bonds. The van der Waals surface area contributed by atoms with E-state index in [1.807, 2.05) is 0 Å². The summed E-state index contributed by atoms with van der Waals surface area (Å²) in [5.74, 6) is -1.96. The van der Waals surface area contributed by atoms with Gasteiger partial charge in [-0.2, -0.15) is 5.10 Å². The zero-order valence-corrected chi connectivity index (χ0v) is 18.5. The van der Waals surface area contributed by atoms with Crippen molar-refractivity contribution in [2.45, 2.75) is 6.92 Å². The van der Waals surface area contributed by atoms with E-state index in [9.17, 15) is 18.8 Å². The van der Waals surface area contributed by atoms with Crippen LogP contribution in [0.25, 0.3) is 33.1 Å². The number of nitrogens with one attached hydrogen (secondary N) is 2. The molecular weight excluding hydrogens is 455 g/mol. The molecule has 0 unspecified atom stereocenters. The van der Waals surface area contributed by atoms with Gasteiger partial charge in [-0.15, -0.1) is 0 Å². The van der Waals surface area contributed by atoms with Crippen LogP contribution in [0.15, 0.2) is 63.9 Å². The number of benzene rings is 2. The number of aromatic nitrogens is 4. The molecule has 5 aromatic rings. The summed E-state index contributed by atoms with van der Waals surface area (Å²) < 4.78 is 20.6. The second-order valence-corrected chi connectivity index (χ2v) is 7.71. The zero-order chi connectivity index (χ0) is 24.7. The lowest BCUT2D eigenvalue weighted by molar-refractivity contribution is 0.0844. The Bertz CT molecular complexity index is 1710. The number of amides is 2. The van der Waals surface area contributed by atoms with Crippen LogP contribution in [0.2, 0.25) is 0 Å². The molecule has 0 spiro atoms. The number of rotatable bonds is 3. The van der Waals surface area contributed by atoms with Gasteiger partial charge in [-0.3, -0.25) is 25.2 Å². The van der Waals surface area contributed by atoms with Crippen LogP contribution in [0.5, 0.6) is 0 Å². The van der Waals surface area contributed by atoms with Gasteiger partial charge in [-0.05, 0) is 31.2 Å². The average molecular weight is 472 g/mol. The number of nitrogens with zero attached hydrogens (tertiary/aromatic N) is 4. The van der Waals surface area contributed by atoms with Crippen LogP contribution >= 0.6 is 0 Å². The van der Waals surface area contributed by atoms with E-state index in [-0.39, 0.29) is 33.8 Å². The highest BCUT2D eigenvalue weighted by molar-refractivity contribution is 6.09. The minimum Gasteiger partial charge on any atom is -0.335 e. The first kappa shape index (κ1) is 21.9. The topological polar surface area (TPSA) is 132 Å². The predicted octanol–water partition coefficient (Wildman–Crippen LogP) is 2.66. The van der Waals surface area contributed by atoms with Gasteiger partial charge in [0.1, 0.15) is 5.82 Å². The van der Waals surface area contributed by atoms with Crippen molar-refractivity contribution in [1.29, 1.82) is 0 Å². The molecule has 5 rings (SSSR count). The summed E-state index contributed by atoms with van der Waals surface area (Å²) in [6.45, 7) is 1.63. The Morgan fingerprint density at radius 2 is 1.69 bits per heavy atom. The highest BCUT2D eigenvalue weighted by Gasteiger charge is 2.22. The van der Waals surface area contributed by atoms with Crippen molar-refractivity contribution in [2.75, 3.05) is 0 Å². The molecule has 0 fully saturated rings. The van der Waals surface area contributed by atoms with Gasteiger partial charge in [0.2, 0.25) is 0 Å². The molecule has 10 nitrogen and oxygen atoms in total. The lowest BCUT2D eigenvalue weighted by Gasteiger charge is -2.11. The van der Waals surface area contributed by atoms with Gasteiger partial charge in [0.15, 0.2) is 5.69 Å². The van der Waals surface area contributed by atoms with Gasteiger partial charge >= 0.3 is 0 Å². The molecule has 0 aliphatic rings. The summed E-state index contributed by atoms with van der Waals surface area (Å²) in [4.78, 5) is 42.6. The third kappa shape index (κ3) is 3.78. The summed E-state index contributed by atoms with van der Waals surface area (Å²) in [5, 5.41) is 8.86. The molecule has 0 saturated heterocycles. The van der Waals surface area contributed by atoms with Crippen molar-refractivity contribution in [3.8, 4) is 11.3 Å². The quantitative estimate of drug-likeness (QED) is 0.386. The fourth-order valence-corrected chi connectivity index (χ4v) is 3.79. The van der Waals surface area contributed by atoms with E-state index in [4.69, 9.17) is 4.52 Å². The van der Waals surface area contributed by atoms with Gasteiger partial charge in [-0.1, -0.05) is 35.5 Å². The third-order valence-electron chi connectivity index (χ3n) is 5.47. The van der Waals surface area contributed by atoms with Crippen molar-refractivity contribution in [1.82, 2.24) is 30.8 Å².